The van der Waals surface area contributed by atoms with Crippen LogP contribution in [0.4, 0.5) is 20.6 Å². The van der Waals surface area contributed by atoms with Crippen LogP contribution in [0.5, 0.6) is 0 Å². The summed E-state index contributed by atoms with van der Waals surface area (Å²) < 4.78 is 18.9. The van der Waals surface area contributed by atoms with Crippen molar-refractivity contribution in [2.45, 2.75) is 39.7 Å². The van der Waals surface area contributed by atoms with Crippen molar-refractivity contribution in [3.63, 3.8) is 0 Å². The Morgan fingerprint density at radius 3 is 2.92 bits per heavy atom. The van der Waals surface area contributed by atoms with E-state index >= 15 is 0 Å². The zero-order valence-corrected chi connectivity index (χ0v) is 14.7. The second-order valence-electron chi connectivity index (χ2n) is 6.73. The number of benzene rings is 1. The third-order valence-corrected chi connectivity index (χ3v) is 3.97. The molecule has 1 aromatic heterocycles. The lowest BCUT2D eigenvalue weighted by atomic mass is 10.0. The van der Waals surface area contributed by atoms with E-state index in [4.69, 9.17) is 4.52 Å². The lowest BCUT2D eigenvalue weighted by molar-refractivity contribution is -0.116. The number of hydrogen-bond donors (Lipinski definition) is 3. The summed E-state index contributed by atoms with van der Waals surface area (Å²) in [5.74, 6) is 0.361. The summed E-state index contributed by atoms with van der Waals surface area (Å²) in [7, 11) is 0. The van der Waals surface area contributed by atoms with Crippen molar-refractivity contribution in [3.05, 3.63) is 41.0 Å². The fourth-order valence-corrected chi connectivity index (χ4v) is 2.84. The molecule has 0 radical (unpaired) electrons. The van der Waals surface area contributed by atoms with Gasteiger partial charge in [-0.25, -0.2) is 9.18 Å². The molecular weight excluding hydrogens is 339 g/mol. The second-order valence-corrected chi connectivity index (χ2v) is 6.73. The van der Waals surface area contributed by atoms with Crippen molar-refractivity contribution < 1.29 is 18.5 Å². The van der Waals surface area contributed by atoms with Crippen LogP contribution in [0.2, 0.25) is 0 Å². The van der Waals surface area contributed by atoms with Crippen LogP contribution < -0.4 is 16.0 Å². The molecule has 0 fully saturated rings. The SMILES string of the molecule is CC(C)Cc1cc(CNC(=O)Nc2cc(F)cc3c2NC(=O)CC3)on1. The smallest absolute Gasteiger partial charge is 0.319 e. The summed E-state index contributed by atoms with van der Waals surface area (Å²) in [6, 6.07) is 3.81. The van der Waals surface area contributed by atoms with Gasteiger partial charge in [-0.05, 0) is 36.5 Å². The summed E-state index contributed by atoms with van der Waals surface area (Å²) >= 11 is 0. The quantitative estimate of drug-likeness (QED) is 0.763. The van der Waals surface area contributed by atoms with Crippen molar-refractivity contribution in [3.8, 4) is 0 Å². The number of aryl methyl sites for hydroxylation is 1. The number of carbonyl (C=O) groups is 2. The van der Waals surface area contributed by atoms with E-state index in [2.05, 4.69) is 35.0 Å². The molecule has 2 heterocycles. The fourth-order valence-electron chi connectivity index (χ4n) is 2.84. The van der Waals surface area contributed by atoms with Crippen LogP contribution in [0.15, 0.2) is 22.7 Å². The van der Waals surface area contributed by atoms with Gasteiger partial charge in [-0.15, -0.1) is 0 Å². The Morgan fingerprint density at radius 1 is 1.35 bits per heavy atom. The highest BCUT2D eigenvalue weighted by atomic mass is 19.1. The van der Waals surface area contributed by atoms with Crippen molar-refractivity contribution in [1.29, 1.82) is 0 Å². The van der Waals surface area contributed by atoms with E-state index in [0.29, 0.717) is 35.8 Å². The normalized spacial score (nSPS) is 13.3. The molecule has 0 saturated heterocycles. The summed E-state index contributed by atoms with van der Waals surface area (Å²) in [6.07, 6.45) is 1.53. The molecule has 1 aliphatic heterocycles. The molecular formula is C18H21FN4O3. The third kappa shape index (κ3) is 4.38. The van der Waals surface area contributed by atoms with Crippen LogP contribution >= 0.6 is 0 Å². The molecule has 0 saturated carbocycles. The van der Waals surface area contributed by atoms with Crippen LogP contribution in [-0.2, 0) is 24.2 Å². The minimum absolute atomic E-state index is 0.154. The van der Waals surface area contributed by atoms with Crippen LogP contribution in [0.3, 0.4) is 0 Å². The molecule has 26 heavy (non-hydrogen) atoms. The number of carbonyl (C=O) groups excluding carboxylic acids is 2. The highest BCUT2D eigenvalue weighted by molar-refractivity contribution is 6.01. The highest BCUT2D eigenvalue weighted by Crippen LogP contribution is 2.31. The number of hydrogen-bond acceptors (Lipinski definition) is 4. The average molecular weight is 360 g/mol. The van der Waals surface area contributed by atoms with Gasteiger partial charge in [0.05, 0.1) is 23.6 Å². The molecule has 0 atom stereocenters. The van der Waals surface area contributed by atoms with Gasteiger partial charge in [0.1, 0.15) is 5.82 Å². The van der Waals surface area contributed by atoms with Gasteiger partial charge in [0.25, 0.3) is 0 Å². The maximum atomic E-state index is 13.8. The lowest BCUT2D eigenvalue weighted by Crippen LogP contribution is -2.29. The summed E-state index contributed by atoms with van der Waals surface area (Å²) in [6.45, 7) is 4.32. The lowest BCUT2D eigenvalue weighted by Gasteiger charge is -2.20. The molecule has 0 unspecified atom stereocenters. The molecule has 0 aliphatic carbocycles. The minimum atomic E-state index is -0.528. The first kappa shape index (κ1) is 17.9. The Morgan fingerprint density at radius 2 is 2.15 bits per heavy atom. The number of anilines is 2. The van der Waals surface area contributed by atoms with Gasteiger partial charge >= 0.3 is 6.03 Å². The van der Waals surface area contributed by atoms with E-state index < -0.39 is 11.8 Å². The number of urea groups is 1. The van der Waals surface area contributed by atoms with Crippen molar-refractivity contribution in [2.75, 3.05) is 10.6 Å². The molecule has 8 heteroatoms. The molecule has 3 amide bonds. The largest absolute Gasteiger partial charge is 0.359 e. The van der Waals surface area contributed by atoms with Gasteiger partial charge in [0.15, 0.2) is 5.76 Å². The average Bonchev–Trinajstić information content (AvgIpc) is 3.00. The topological polar surface area (TPSA) is 96.3 Å². The van der Waals surface area contributed by atoms with Crippen LogP contribution in [-0.4, -0.2) is 17.1 Å². The Labute approximate surface area is 150 Å². The molecule has 1 aliphatic rings. The number of nitrogens with one attached hydrogen (secondary N) is 3. The molecule has 0 bridgehead atoms. The maximum Gasteiger partial charge on any atom is 0.319 e. The number of rotatable bonds is 5. The monoisotopic (exact) mass is 360 g/mol. The summed E-state index contributed by atoms with van der Waals surface area (Å²) in [5, 5.41) is 11.8. The molecule has 2 aromatic rings. The standard InChI is InChI=1S/C18H21FN4O3/c1-10(2)5-13-8-14(26-23-13)9-20-18(25)21-15-7-12(19)6-11-3-4-16(24)22-17(11)15/h6-8,10H,3-5,9H2,1-2H3,(H,22,24)(H2,20,21,25). The van der Waals surface area contributed by atoms with Gasteiger partial charge in [-0.3, -0.25) is 4.79 Å². The van der Waals surface area contributed by atoms with Crippen molar-refractivity contribution >= 4 is 23.3 Å². The summed E-state index contributed by atoms with van der Waals surface area (Å²) in [4.78, 5) is 23.7. The number of fused-ring (bicyclic) bond motifs is 1. The molecule has 0 spiro atoms. The van der Waals surface area contributed by atoms with Gasteiger partial charge in [-0.1, -0.05) is 19.0 Å². The minimum Gasteiger partial charge on any atom is -0.359 e. The van der Waals surface area contributed by atoms with E-state index in [1.54, 1.807) is 6.07 Å². The molecule has 7 nitrogen and oxygen atoms in total. The first-order valence-corrected chi connectivity index (χ1v) is 8.52. The Bertz CT molecular complexity index is 832. The first-order chi connectivity index (χ1) is 12.4. The van der Waals surface area contributed by atoms with Crippen molar-refractivity contribution in [2.24, 2.45) is 5.92 Å². The molecule has 3 rings (SSSR count). The van der Waals surface area contributed by atoms with E-state index in [1.807, 2.05) is 0 Å². The molecule has 138 valence electrons. The molecule has 1 aromatic carbocycles. The van der Waals surface area contributed by atoms with E-state index in [-0.39, 0.29) is 18.1 Å². The van der Waals surface area contributed by atoms with Crippen LogP contribution in [0.1, 0.15) is 37.3 Å². The predicted molar refractivity (Wildman–Crippen MR) is 94.3 cm³/mol. The zero-order valence-electron chi connectivity index (χ0n) is 14.7. The highest BCUT2D eigenvalue weighted by Gasteiger charge is 2.20. The van der Waals surface area contributed by atoms with Crippen LogP contribution in [0.25, 0.3) is 0 Å². The summed E-state index contributed by atoms with van der Waals surface area (Å²) in [5.41, 5.74) is 2.16. The van der Waals surface area contributed by atoms with E-state index in [9.17, 15) is 14.0 Å². The Balaban J connectivity index is 1.62. The Hall–Kier alpha value is -2.90. The Kier molecular flexibility index (Phi) is 5.20. The predicted octanol–water partition coefficient (Wildman–Crippen LogP) is 3.22. The van der Waals surface area contributed by atoms with Crippen molar-refractivity contribution in [1.82, 2.24) is 10.5 Å². The van der Waals surface area contributed by atoms with E-state index in [0.717, 1.165) is 12.1 Å². The van der Waals surface area contributed by atoms with E-state index in [1.165, 1.54) is 12.1 Å². The van der Waals surface area contributed by atoms with Crippen LogP contribution in [0, 0.1) is 11.7 Å². The number of aromatic nitrogens is 1. The third-order valence-electron chi connectivity index (χ3n) is 3.97. The number of halogens is 1. The zero-order chi connectivity index (χ0) is 18.7. The number of nitrogens with zero attached hydrogens (tertiary/aromatic N) is 1. The number of amides is 3. The maximum absolute atomic E-state index is 13.8. The van der Waals surface area contributed by atoms with Gasteiger partial charge in [0, 0.05) is 12.5 Å². The second kappa shape index (κ2) is 7.55. The van der Waals surface area contributed by atoms with Gasteiger partial charge in [0.2, 0.25) is 5.91 Å². The van der Waals surface area contributed by atoms with Gasteiger partial charge < -0.3 is 20.5 Å². The van der Waals surface area contributed by atoms with Gasteiger partial charge in [-0.2, -0.15) is 0 Å². The molecule has 3 N–H and O–H groups in total. The first-order valence-electron chi connectivity index (χ1n) is 8.52. The fraction of sp³-hybridized carbons (Fsp3) is 0.389.